The van der Waals surface area contributed by atoms with Crippen LogP contribution in [0.5, 0.6) is 5.75 Å². The minimum Gasteiger partial charge on any atom is -0.495 e. The zero-order valence-corrected chi connectivity index (χ0v) is 9.46. The average Bonchev–Trinajstić information content (AvgIpc) is 2.17. The molecule has 15 heavy (non-hydrogen) atoms. The van der Waals surface area contributed by atoms with Crippen LogP contribution < -0.4 is 10.1 Å². The third kappa shape index (κ3) is 3.62. The van der Waals surface area contributed by atoms with Gasteiger partial charge in [0.05, 0.1) is 12.8 Å². The molecule has 1 aromatic carbocycles. The third-order valence-electron chi connectivity index (χ3n) is 2.15. The van der Waals surface area contributed by atoms with Crippen molar-refractivity contribution in [2.24, 2.45) is 0 Å². The lowest BCUT2D eigenvalue weighted by molar-refractivity contribution is -0.116. The molecular weight excluding hydrogens is 190 g/mol. The first-order valence-electron chi connectivity index (χ1n) is 5.01. The van der Waals surface area contributed by atoms with E-state index in [4.69, 9.17) is 4.74 Å². The number of Topliss-reactive ketones (excluding diaryl/α,β-unsaturated/α-hetero) is 1. The van der Waals surface area contributed by atoms with Gasteiger partial charge in [-0.3, -0.25) is 4.79 Å². The molecular formula is C12H17NO2. The molecule has 3 nitrogen and oxygen atoms in total. The van der Waals surface area contributed by atoms with Crippen LogP contribution in [-0.2, 0) is 4.79 Å². The summed E-state index contributed by atoms with van der Waals surface area (Å²) in [6, 6.07) is 5.93. The molecule has 1 aromatic rings. The Morgan fingerprint density at radius 2 is 2.20 bits per heavy atom. The van der Waals surface area contributed by atoms with Gasteiger partial charge in [0.2, 0.25) is 0 Å². The fraction of sp³-hybridized carbons (Fsp3) is 0.417. The molecule has 0 aliphatic rings. The number of aryl methyl sites for hydroxylation is 1. The fourth-order valence-corrected chi connectivity index (χ4v) is 1.33. The SMILES string of the molecule is COc1ccc(C)cc1NCCC(C)=O. The van der Waals surface area contributed by atoms with E-state index in [1.165, 1.54) is 5.56 Å². The summed E-state index contributed by atoms with van der Waals surface area (Å²) in [6.07, 6.45) is 0.539. The predicted molar refractivity (Wildman–Crippen MR) is 61.5 cm³/mol. The number of ether oxygens (including phenoxy) is 1. The van der Waals surface area contributed by atoms with Gasteiger partial charge >= 0.3 is 0 Å². The molecule has 0 fully saturated rings. The number of nitrogens with one attached hydrogen (secondary N) is 1. The van der Waals surface area contributed by atoms with Gasteiger partial charge in [0.25, 0.3) is 0 Å². The molecule has 0 aliphatic heterocycles. The highest BCUT2D eigenvalue weighted by Crippen LogP contribution is 2.24. The summed E-state index contributed by atoms with van der Waals surface area (Å²) in [7, 11) is 1.64. The number of hydrogen-bond acceptors (Lipinski definition) is 3. The van der Waals surface area contributed by atoms with E-state index in [0.717, 1.165) is 11.4 Å². The largest absolute Gasteiger partial charge is 0.495 e. The van der Waals surface area contributed by atoms with Crippen LogP contribution in [0.15, 0.2) is 18.2 Å². The number of carbonyl (C=O) groups excluding carboxylic acids is 1. The van der Waals surface area contributed by atoms with Crippen LogP contribution in [0.4, 0.5) is 5.69 Å². The van der Waals surface area contributed by atoms with Gasteiger partial charge in [-0.2, -0.15) is 0 Å². The maximum Gasteiger partial charge on any atom is 0.141 e. The van der Waals surface area contributed by atoms with Crippen LogP contribution in [-0.4, -0.2) is 19.4 Å². The van der Waals surface area contributed by atoms with E-state index < -0.39 is 0 Å². The van der Waals surface area contributed by atoms with Crippen LogP contribution in [0.25, 0.3) is 0 Å². The van der Waals surface area contributed by atoms with Crippen molar-refractivity contribution in [3.05, 3.63) is 23.8 Å². The van der Waals surface area contributed by atoms with E-state index in [2.05, 4.69) is 5.32 Å². The molecule has 0 heterocycles. The van der Waals surface area contributed by atoms with E-state index in [9.17, 15) is 4.79 Å². The van der Waals surface area contributed by atoms with Crippen molar-refractivity contribution >= 4 is 11.5 Å². The number of carbonyl (C=O) groups is 1. The summed E-state index contributed by atoms with van der Waals surface area (Å²) >= 11 is 0. The number of anilines is 1. The van der Waals surface area contributed by atoms with E-state index in [1.807, 2.05) is 25.1 Å². The third-order valence-corrected chi connectivity index (χ3v) is 2.15. The van der Waals surface area contributed by atoms with Crippen molar-refractivity contribution in [2.75, 3.05) is 19.0 Å². The van der Waals surface area contributed by atoms with Gasteiger partial charge < -0.3 is 10.1 Å². The topological polar surface area (TPSA) is 38.3 Å². The van der Waals surface area contributed by atoms with Crippen molar-refractivity contribution < 1.29 is 9.53 Å². The molecule has 0 saturated heterocycles. The first kappa shape index (κ1) is 11.6. The molecule has 0 atom stereocenters. The van der Waals surface area contributed by atoms with E-state index in [-0.39, 0.29) is 5.78 Å². The quantitative estimate of drug-likeness (QED) is 0.805. The minimum atomic E-state index is 0.189. The lowest BCUT2D eigenvalue weighted by Gasteiger charge is -2.11. The minimum absolute atomic E-state index is 0.189. The van der Waals surface area contributed by atoms with Crippen molar-refractivity contribution in [2.45, 2.75) is 20.3 Å². The number of hydrogen-bond donors (Lipinski definition) is 1. The Balaban J connectivity index is 2.65. The van der Waals surface area contributed by atoms with Gasteiger partial charge in [-0.15, -0.1) is 0 Å². The van der Waals surface area contributed by atoms with Crippen LogP contribution in [0.2, 0.25) is 0 Å². The predicted octanol–water partition coefficient (Wildman–Crippen LogP) is 2.39. The van der Waals surface area contributed by atoms with Crippen molar-refractivity contribution in [1.29, 1.82) is 0 Å². The Morgan fingerprint density at radius 3 is 2.80 bits per heavy atom. The molecule has 0 saturated carbocycles. The second-order valence-electron chi connectivity index (χ2n) is 3.58. The van der Waals surface area contributed by atoms with Gasteiger partial charge in [0, 0.05) is 13.0 Å². The van der Waals surface area contributed by atoms with Gasteiger partial charge in [-0.25, -0.2) is 0 Å². The molecule has 0 aromatic heterocycles. The second kappa shape index (κ2) is 5.39. The highest BCUT2D eigenvalue weighted by atomic mass is 16.5. The summed E-state index contributed by atoms with van der Waals surface area (Å²) in [5.74, 6) is 0.998. The molecule has 82 valence electrons. The van der Waals surface area contributed by atoms with Crippen LogP contribution >= 0.6 is 0 Å². The maximum atomic E-state index is 10.8. The molecule has 1 rings (SSSR count). The summed E-state index contributed by atoms with van der Waals surface area (Å²) < 4.78 is 5.21. The van der Waals surface area contributed by atoms with Crippen LogP contribution in [0.1, 0.15) is 18.9 Å². The smallest absolute Gasteiger partial charge is 0.141 e. The first-order chi connectivity index (χ1) is 7.13. The lowest BCUT2D eigenvalue weighted by Crippen LogP contribution is -2.06. The highest BCUT2D eigenvalue weighted by Gasteiger charge is 2.02. The molecule has 0 amide bonds. The molecule has 0 aliphatic carbocycles. The molecule has 0 radical (unpaired) electrons. The molecule has 3 heteroatoms. The van der Waals surface area contributed by atoms with Crippen molar-refractivity contribution in [1.82, 2.24) is 0 Å². The van der Waals surface area contributed by atoms with E-state index in [0.29, 0.717) is 13.0 Å². The van der Waals surface area contributed by atoms with Crippen molar-refractivity contribution in [3.63, 3.8) is 0 Å². The highest BCUT2D eigenvalue weighted by molar-refractivity contribution is 5.76. The van der Waals surface area contributed by atoms with Gasteiger partial charge in [-0.05, 0) is 31.5 Å². The number of rotatable bonds is 5. The zero-order chi connectivity index (χ0) is 11.3. The Labute approximate surface area is 90.4 Å². The number of ketones is 1. The van der Waals surface area contributed by atoms with Gasteiger partial charge in [0.15, 0.2) is 0 Å². The number of methoxy groups -OCH3 is 1. The Kier molecular flexibility index (Phi) is 4.16. The summed E-state index contributed by atoms with van der Waals surface area (Å²) in [6.45, 7) is 4.26. The Bertz CT molecular complexity index is 347. The zero-order valence-electron chi connectivity index (χ0n) is 9.46. The first-order valence-corrected chi connectivity index (χ1v) is 5.01. The monoisotopic (exact) mass is 207 g/mol. The standard InChI is InChI=1S/C12H17NO2/c1-9-4-5-12(15-3)11(8-9)13-7-6-10(2)14/h4-5,8,13H,6-7H2,1-3H3. The number of benzene rings is 1. The van der Waals surface area contributed by atoms with Crippen LogP contribution in [0.3, 0.4) is 0 Å². The van der Waals surface area contributed by atoms with Crippen molar-refractivity contribution in [3.8, 4) is 5.75 Å². The molecule has 0 spiro atoms. The van der Waals surface area contributed by atoms with Crippen LogP contribution in [0, 0.1) is 6.92 Å². The lowest BCUT2D eigenvalue weighted by atomic mass is 10.2. The maximum absolute atomic E-state index is 10.8. The summed E-state index contributed by atoms with van der Waals surface area (Å²) in [4.78, 5) is 10.8. The summed E-state index contributed by atoms with van der Waals surface area (Å²) in [5.41, 5.74) is 2.11. The normalized spacial score (nSPS) is 9.80. The summed E-state index contributed by atoms with van der Waals surface area (Å²) in [5, 5.41) is 3.19. The average molecular weight is 207 g/mol. The fourth-order valence-electron chi connectivity index (χ4n) is 1.33. The second-order valence-corrected chi connectivity index (χ2v) is 3.58. The Morgan fingerprint density at radius 1 is 1.47 bits per heavy atom. The van der Waals surface area contributed by atoms with E-state index in [1.54, 1.807) is 14.0 Å². The molecule has 1 N–H and O–H groups in total. The molecule has 0 unspecified atom stereocenters. The van der Waals surface area contributed by atoms with Gasteiger partial charge in [-0.1, -0.05) is 6.07 Å². The Hall–Kier alpha value is -1.51. The van der Waals surface area contributed by atoms with Gasteiger partial charge in [0.1, 0.15) is 11.5 Å². The molecule has 0 bridgehead atoms. The van der Waals surface area contributed by atoms with E-state index >= 15 is 0 Å².